The molecule has 4 nitrogen and oxygen atoms in total. The zero-order valence-corrected chi connectivity index (χ0v) is 7.43. The summed E-state index contributed by atoms with van der Waals surface area (Å²) in [6, 6.07) is 0. The van der Waals surface area contributed by atoms with E-state index in [0.29, 0.717) is 6.54 Å². The molecule has 1 aliphatic heterocycles. The van der Waals surface area contributed by atoms with E-state index in [0.717, 1.165) is 32.7 Å². The molecule has 0 saturated carbocycles. The number of carbonyl (C=O) groups is 1. The quantitative estimate of drug-likeness (QED) is 0.524. The highest BCUT2D eigenvalue weighted by Gasteiger charge is 2.37. The van der Waals surface area contributed by atoms with E-state index in [2.05, 4.69) is 17.6 Å². The Kier molecular flexibility index (Phi) is 3.49. The van der Waals surface area contributed by atoms with Crippen LogP contribution in [0.2, 0.25) is 0 Å². The van der Waals surface area contributed by atoms with Gasteiger partial charge in [-0.25, -0.2) is 0 Å². The van der Waals surface area contributed by atoms with Crippen LogP contribution in [0.25, 0.3) is 0 Å². The van der Waals surface area contributed by atoms with Crippen LogP contribution in [0.15, 0.2) is 0 Å². The highest BCUT2D eigenvalue weighted by Crippen LogP contribution is 2.25. The van der Waals surface area contributed by atoms with Gasteiger partial charge in [-0.05, 0) is 6.54 Å². The molecular formula is C8H16N2O2. The second-order valence-electron chi connectivity index (χ2n) is 3.27. The van der Waals surface area contributed by atoms with Crippen LogP contribution >= 0.6 is 0 Å². The van der Waals surface area contributed by atoms with Gasteiger partial charge < -0.3 is 15.4 Å². The van der Waals surface area contributed by atoms with Gasteiger partial charge in [0.1, 0.15) is 0 Å². The number of hydrogen-bond acceptors (Lipinski definition) is 3. The van der Waals surface area contributed by atoms with Crippen molar-refractivity contribution in [1.82, 2.24) is 10.6 Å². The van der Waals surface area contributed by atoms with Gasteiger partial charge in [0.05, 0.1) is 13.2 Å². The summed E-state index contributed by atoms with van der Waals surface area (Å²) in [4.78, 5) is 10.1. The fourth-order valence-corrected chi connectivity index (χ4v) is 1.31. The maximum Gasteiger partial charge on any atom is 0.207 e. The summed E-state index contributed by atoms with van der Waals surface area (Å²) < 4.78 is 5.14. The first-order valence-electron chi connectivity index (χ1n) is 4.28. The third kappa shape index (κ3) is 2.19. The first-order valence-corrected chi connectivity index (χ1v) is 4.28. The first kappa shape index (κ1) is 9.48. The largest absolute Gasteiger partial charge is 0.380 e. The molecule has 70 valence electrons. The van der Waals surface area contributed by atoms with E-state index < -0.39 is 0 Å². The lowest BCUT2D eigenvalue weighted by Crippen LogP contribution is -2.55. The van der Waals surface area contributed by atoms with Gasteiger partial charge >= 0.3 is 0 Å². The smallest absolute Gasteiger partial charge is 0.207 e. The highest BCUT2D eigenvalue weighted by atomic mass is 16.5. The molecule has 0 spiro atoms. The summed E-state index contributed by atoms with van der Waals surface area (Å²) in [5.74, 6) is 0. The van der Waals surface area contributed by atoms with Crippen molar-refractivity contribution in [3.63, 3.8) is 0 Å². The van der Waals surface area contributed by atoms with Gasteiger partial charge in [-0.15, -0.1) is 0 Å². The van der Waals surface area contributed by atoms with Crippen LogP contribution in [-0.2, 0) is 9.53 Å². The summed E-state index contributed by atoms with van der Waals surface area (Å²) in [5, 5.41) is 5.96. The Morgan fingerprint density at radius 2 is 2.25 bits per heavy atom. The van der Waals surface area contributed by atoms with Crippen LogP contribution < -0.4 is 10.6 Å². The van der Waals surface area contributed by atoms with Gasteiger partial charge in [-0.2, -0.15) is 0 Å². The van der Waals surface area contributed by atoms with Gasteiger partial charge in [0.15, 0.2) is 0 Å². The van der Waals surface area contributed by atoms with E-state index >= 15 is 0 Å². The lowest BCUT2D eigenvalue weighted by atomic mass is 9.86. The summed E-state index contributed by atoms with van der Waals surface area (Å²) in [6.07, 6.45) is 0.742. The lowest BCUT2D eigenvalue weighted by Gasteiger charge is -2.41. The minimum atomic E-state index is 0.150. The zero-order chi connectivity index (χ0) is 8.86. The maximum absolute atomic E-state index is 10.1. The molecule has 0 atom stereocenters. The molecule has 0 aromatic heterocycles. The Morgan fingerprint density at radius 3 is 2.67 bits per heavy atom. The standard InChI is InChI=1S/C8H16N2O2/c1-2-9-3-8(4-10-7-11)5-12-6-8/h7,9H,2-6H2,1H3,(H,10,11). The zero-order valence-electron chi connectivity index (χ0n) is 7.43. The van der Waals surface area contributed by atoms with Gasteiger partial charge in [0, 0.05) is 18.5 Å². The molecule has 1 fully saturated rings. The minimum Gasteiger partial charge on any atom is -0.380 e. The fraction of sp³-hybridized carbons (Fsp3) is 0.875. The average Bonchev–Trinajstić information content (AvgIpc) is 2.02. The molecule has 0 aromatic carbocycles. The fourth-order valence-electron chi connectivity index (χ4n) is 1.31. The van der Waals surface area contributed by atoms with E-state index in [1.54, 1.807) is 0 Å². The van der Waals surface area contributed by atoms with Crippen molar-refractivity contribution in [1.29, 1.82) is 0 Å². The van der Waals surface area contributed by atoms with Crippen molar-refractivity contribution >= 4 is 6.41 Å². The third-order valence-electron chi connectivity index (χ3n) is 2.13. The predicted octanol–water partition coefficient (Wildman–Crippen LogP) is -0.641. The number of nitrogens with one attached hydrogen (secondary N) is 2. The molecule has 0 radical (unpaired) electrons. The van der Waals surface area contributed by atoms with Crippen LogP contribution in [0.3, 0.4) is 0 Å². The molecule has 1 aliphatic rings. The van der Waals surface area contributed by atoms with Crippen molar-refractivity contribution in [3.05, 3.63) is 0 Å². The monoisotopic (exact) mass is 172 g/mol. The van der Waals surface area contributed by atoms with E-state index in [4.69, 9.17) is 4.74 Å². The van der Waals surface area contributed by atoms with Crippen molar-refractivity contribution in [2.24, 2.45) is 5.41 Å². The van der Waals surface area contributed by atoms with Crippen molar-refractivity contribution in [3.8, 4) is 0 Å². The van der Waals surface area contributed by atoms with Gasteiger partial charge in [0.25, 0.3) is 0 Å². The molecule has 1 rings (SSSR count). The second kappa shape index (κ2) is 4.42. The predicted molar refractivity (Wildman–Crippen MR) is 45.9 cm³/mol. The Hall–Kier alpha value is -0.610. The second-order valence-corrected chi connectivity index (χ2v) is 3.27. The van der Waals surface area contributed by atoms with Crippen LogP contribution in [0.4, 0.5) is 0 Å². The van der Waals surface area contributed by atoms with Crippen LogP contribution in [0, 0.1) is 5.41 Å². The number of amides is 1. The van der Waals surface area contributed by atoms with Crippen molar-refractivity contribution in [2.45, 2.75) is 6.92 Å². The lowest BCUT2D eigenvalue weighted by molar-refractivity contribution is -0.120. The Bertz CT molecular complexity index is 146. The topological polar surface area (TPSA) is 50.4 Å². The van der Waals surface area contributed by atoms with Crippen LogP contribution in [-0.4, -0.2) is 39.3 Å². The summed E-state index contributed by atoms with van der Waals surface area (Å²) in [6.45, 7) is 6.17. The molecule has 0 aromatic rings. The van der Waals surface area contributed by atoms with Gasteiger partial charge in [-0.3, -0.25) is 4.79 Å². The number of ether oxygens (including phenoxy) is 1. The van der Waals surface area contributed by atoms with E-state index in [1.807, 2.05) is 0 Å². The molecule has 0 aliphatic carbocycles. The summed E-state index contributed by atoms with van der Waals surface area (Å²) >= 11 is 0. The van der Waals surface area contributed by atoms with Crippen LogP contribution in [0.5, 0.6) is 0 Å². The summed E-state index contributed by atoms with van der Waals surface area (Å²) in [7, 11) is 0. The number of carbonyl (C=O) groups excluding carboxylic acids is 1. The number of hydrogen-bond donors (Lipinski definition) is 2. The Morgan fingerprint density at radius 1 is 1.50 bits per heavy atom. The molecule has 0 bridgehead atoms. The van der Waals surface area contributed by atoms with Crippen LogP contribution in [0.1, 0.15) is 6.92 Å². The SMILES string of the molecule is CCNCC1(CNC=O)COC1. The van der Waals surface area contributed by atoms with Crippen molar-refractivity contribution < 1.29 is 9.53 Å². The minimum absolute atomic E-state index is 0.150. The Labute approximate surface area is 72.7 Å². The Balaban J connectivity index is 2.24. The first-order chi connectivity index (χ1) is 5.83. The normalized spacial score (nSPS) is 19.8. The molecule has 0 unspecified atom stereocenters. The molecule has 2 N–H and O–H groups in total. The molecule has 4 heteroatoms. The number of rotatable bonds is 6. The van der Waals surface area contributed by atoms with E-state index in [1.165, 1.54) is 0 Å². The molecule has 1 heterocycles. The van der Waals surface area contributed by atoms with E-state index in [9.17, 15) is 4.79 Å². The summed E-state index contributed by atoms with van der Waals surface area (Å²) in [5.41, 5.74) is 0.150. The molecule has 12 heavy (non-hydrogen) atoms. The molecular weight excluding hydrogens is 156 g/mol. The molecule has 1 saturated heterocycles. The van der Waals surface area contributed by atoms with E-state index in [-0.39, 0.29) is 5.41 Å². The maximum atomic E-state index is 10.1. The average molecular weight is 172 g/mol. The highest BCUT2D eigenvalue weighted by molar-refractivity contribution is 5.46. The molecule has 1 amide bonds. The van der Waals surface area contributed by atoms with Crippen molar-refractivity contribution in [2.75, 3.05) is 32.8 Å². The van der Waals surface area contributed by atoms with Gasteiger partial charge in [-0.1, -0.05) is 6.92 Å². The van der Waals surface area contributed by atoms with Gasteiger partial charge in [0.2, 0.25) is 6.41 Å². The third-order valence-corrected chi connectivity index (χ3v) is 2.13.